The lowest BCUT2D eigenvalue weighted by atomic mass is 9.91. The summed E-state index contributed by atoms with van der Waals surface area (Å²) in [4.78, 5) is 17.4. The van der Waals surface area contributed by atoms with E-state index < -0.39 is 12.1 Å². The fourth-order valence-corrected chi connectivity index (χ4v) is 4.37. The van der Waals surface area contributed by atoms with Gasteiger partial charge in [0.25, 0.3) is 0 Å². The van der Waals surface area contributed by atoms with Crippen molar-refractivity contribution in [1.29, 1.82) is 0 Å². The number of nitrogens with two attached hydrogens (primary N) is 1. The van der Waals surface area contributed by atoms with Gasteiger partial charge in [-0.3, -0.25) is 0 Å². The highest BCUT2D eigenvalue weighted by atomic mass is 35.5. The summed E-state index contributed by atoms with van der Waals surface area (Å²) < 4.78 is 14.2. The standard InChI is InChI=1S/C18H18ClFN4O2.C10H14.C3H8.2C2H6/c1-9-13-7-12(20)5-10(16(13)23-18(21)24(9)2)8-22-15-4-3-11(19)6-14(15)17(25)26;1-3-9-7-5-6-8-10(9)4-2;1-3-2;2*1-2/h3-6,12,22H,1,7-8H2,2H3,(H2,21,23)(H,25,26);5-8H,3-4H2,1-2H3;3H2,1-2H3;2*1-2H3. The molecule has 1 heterocycles. The monoisotopic (exact) mass is 614 g/mol. The van der Waals surface area contributed by atoms with Gasteiger partial charge in [0.1, 0.15) is 6.17 Å². The lowest BCUT2D eigenvalue weighted by Crippen LogP contribution is -2.38. The first-order valence-electron chi connectivity index (χ1n) is 15.3. The van der Waals surface area contributed by atoms with Gasteiger partial charge in [0.15, 0.2) is 0 Å². The van der Waals surface area contributed by atoms with Crippen molar-refractivity contribution in [2.75, 3.05) is 18.9 Å². The van der Waals surface area contributed by atoms with Crippen molar-refractivity contribution < 1.29 is 14.3 Å². The maximum absolute atomic E-state index is 14.2. The average molecular weight is 615 g/mol. The number of likely N-dealkylation sites (N-methyl/N-ethyl adjacent to an activating group) is 1. The molecule has 238 valence electrons. The number of halogens is 2. The number of aromatic carboxylic acids is 1. The highest BCUT2D eigenvalue weighted by Gasteiger charge is 2.29. The molecule has 43 heavy (non-hydrogen) atoms. The number of carboxylic acids is 1. The number of benzene rings is 2. The third kappa shape index (κ3) is 11.9. The smallest absolute Gasteiger partial charge is 0.337 e. The third-order valence-corrected chi connectivity index (χ3v) is 6.49. The van der Waals surface area contributed by atoms with E-state index in [2.05, 4.69) is 68.8 Å². The molecular weight excluding hydrogens is 563 g/mol. The van der Waals surface area contributed by atoms with E-state index in [1.807, 2.05) is 27.7 Å². The number of hydrogen-bond donors (Lipinski definition) is 3. The highest BCUT2D eigenvalue weighted by Crippen LogP contribution is 2.36. The summed E-state index contributed by atoms with van der Waals surface area (Å²) in [6, 6.07) is 13.1. The Morgan fingerprint density at radius 1 is 1.09 bits per heavy atom. The molecule has 0 bridgehead atoms. The summed E-state index contributed by atoms with van der Waals surface area (Å²) >= 11 is 5.86. The molecule has 8 heteroatoms. The van der Waals surface area contributed by atoms with Gasteiger partial charge in [-0.15, -0.1) is 0 Å². The molecule has 0 saturated carbocycles. The average Bonchev–Trinajstić information content (AvgIpc) is 3.02. The molecule has 2 aromatic rings. The van der Waals surface area contributed by atoms with Gasteiger partial charge in [0.05, 0.1) is 11.3 Å². The number of guanidine groups is 1. The maximum Gasteiger partial charge on any atom is 0.337 e. The van der Waals surface area contributed by atoms with Gasteiger partial charge in [-0.1, -0.05) is 104 Å². The van der Waals surface area contributed by atoms with E-state index in [4.69, 9.17) is 17.3 Å². The number of rotatable bonds is 6. The minimum atomic E-state index is -1.17. The topological polar surface area (TPSA) is 91.0 Å². The molecule has 1 aliphatic heterocycles. The van der Waals surface area contributed by atoms with Crippen molar-refractivity contribution in [1.82, 2.24) is 4.90 Å². The van der Waals surface area contributed by atoms with Crippen LogP contribution in [0.1, 0.15) is 89.7 Å². The van der Waals surface area contributed by atoms with Crippen LogP contribution in [-0.4, -0.2) is 41.7 Å². The Labute approximate surface area is 264 Å². The van der Waals surface area contributed by atoms with E-state index in [1.165, 1.54) is 29.7 Å². The van der Waals surface area contributed by atoms with Crippen molar-refractivity contribution in [3.05, 3.63) is 99.4 Å². The second-order valence-corrected chi connectivity index (χ2v) is 9.68. The number of anilines is 1. The molecule has 0 fully saturated rings. The molecule has 0 saturated heterocycles. The Kier molecular flexibility index (Phi) is 19.4. The van der Waals surface area contributed by atoms with Crippen molar-refractivity contribution in [2.45, 2.75) is 87.2 Å². The van der Waals surface area contributed by atoms with Crippen LogP contribution in [-0.2, 0) is 12.8 Å². The van der Waals surface area contributed by atoms with Crippen LogP contribution in [0, 0.1) is 0 Å². The van der Waals surface area contributed by atoms with Gasteiger partial charge < -0.3 is 21.1 Å². The fourth-order valence-electron chi connectivity index (χ4n) is 4.19. The first kappa shape index (κ1) is 39.4. The van der Waals surface area contributed by atoms with Gasteiger partial charge in [-0.2, -0.15) is 0 Å². The van der Waals surface area contributed by atoms with Crippen LogP contribution < -0.4 is 11.1 Å². The van der Waals surface area contributed by atoms with Crippen LogP contribution in [0.4, 0.5) is 10.1 Å². The third-order valence-electron chi connectivity index (χ3n) is 6.26. The molecule has 1 unspecified atom stereocenters. The molecule has 0 radical (unpaired) electrons. The molecule has 0 amide bonds. The van der Waals surface area contributed by atoms with Crippen LogP contribution in [0.15, 0.2) is 82.7 Å². The fraction of sp³-hybridized carbons (Fsp3) is 0.429. The van der Waals surface area contributed by atoms with Gasteiger partial charge in [-0.25, -0.2) is 14.2 Å². The van der Waals surface area contributed by atoms with Gasteiger partial charge >= 0.3 is 5.97 Å². The molecule has 1 aliphatic carbocycles. The van der Waals surface area contributed by atoms with Crippen LogP contribution in [0.5, 0.6) is 0 Å². The quantitative estimate of drug-likeness (QED) is 0.301. The van der Waals surface area contributed by atoms with Crippen molar-refractivity contribution in [3.63, 3.8) is 0 Å². The summed E-state index contributed by atoms with van der Waals surface area (Å²) in [5.41, 5.74) is 11.8. The van der Waals surface area contributed by atoms with Crippen molar-refractivity contribution in [2.24, 2.45) is 10.7 Å². The van der Waals surface area contributed by atoms with Gasteiger partial charge in [-0.05, 0) is 53.8 Å². The van der Waals surface area contributed by atoms with Crippen molar-refractivity contribution >= 4 is 29.2 Å². The molecule has 2 aliphatic rings. The predicted octanol–water partition coefficient (Wildman–Crippen LogP) is 9.43. The number of nitrogens with one attached hydrogen (secondary N) is 1. The summed E-state index contributed by atoms with van der Waals surface area (Å²) in [5, 5.41) is 12.7. The Morgan fingerprint density at radius 2 is 1.63 bits per heavy atom. The molecule has 6 nitrogen and oxygen atoms in total. The molecule has 4 rings (SSSR count). The van der Waals surface area contributed by atoms with E-state index in [-0.39, 0.29) is 24.5 Å². The Bertz CT molecular complexity index is 1250. The SMILES string of the molecule is C=C1C2=C(N=C(N)N1C)C(CNc1ccc(Cl)cc1C(=O)O)=CC(F)C2.CC.CC.CCC.CCc1ccccc1CC. The number of aryl methyl sites for hydroxylation is 2. The molecule has 1 atom stereocenters. The predicted molar refractivity (Wildman–Crippen MR) is 184 cm³/mol. The van der Waals surface area contributed by atoms with E-state index >= 15 is 0 Å². The summed E-state index contributed by atoms with van der Waals surface area (Å²) in [6.45, 7) is 20.8. The number of aliphatic imine (C=N–C) groups is 1. The minimum Gasteiger partial charge on any atom is -0.478 e. The number of hydrogen-bond acceptors (Lipinski definition) is 5. The van der Waals surface area contributed by atoms with Crippen LogP contribution in [0.25, 0.3) is 0 Å². The zero-order chi connectivity index (χ0) is 33.1. The van der Waals surface area contributed by atoms with Crippen LogP contribution >= 0.6 is 11.6 Å². The summed E-state index contributed by atoms with van der Waals surface area (Å²) in [7, 11) is 1.72. The molecular formula is C35H52ClFN4O2. The highest BCUT2D eigenvalue weighted by molar-refractivity contribution is 6.31. The zero-order valence-corrected chi connectivity index (χ0v) is 28.3. The number of carboxylic acid groups (broad SMARTS) is 1. The largest absolute Gasteiger partial charge is 0.478 e. The van der Waals surface area contributed by atoms with E-state index in [0.29, 0.717) is 33.3 Å². The molecule has 2 aromatic carbocycles. The molecule has 0 aromatic heterocycles. The zero-order valence-electron chi connectivity index (χ0n) is 27.5. The van der Waals surface area contributed by atoms with E-state index in [0.717, 1.165) is 12.8 Å². The van der Waals surface area contributed by atoms with E-state index in [9.17, 15) is 14.3 Å². The number of allylic oxidation sites excluding steroid dienone is 2. The second kappa shape index (κ2) is 21.2. The maximum atomic E-state index is 14.2. The normalized spacial score (nSPS) is 14.9. The first-order valence-corrected chi connectivity index (χ1v) is 15.6. The first-order chi connectivity index (χ1) is 20.6. The Morgan fingerprint density at radius 3 is 2.12 bits per heavy atom. The van der Waals surface area contributed by atoms with Crippen LogP contribution in [0.2, 0.25) is 5.02 Å². The molecule has 0 spiro atoms. The van der Waals surface area contributed by atoms with Crippen molar-refractivity contribution in [3.8, 4) is 0 Å². The molecule has 4 N–H and O–H groups in total. The number of alkyl halides is 1. The Balaban J connectivity index is 0.000000861. The summed E-state index contributed by atoms with van der Waals surface area (Å²) in [5.74, 6) is -0.833. The Hall–Kier alpha value is -3.58. The second-order valence-electron chi connectivity index (χ2n) is 9.25. The van der Waals surface area contributed by atoms with E-state index in [1.54, 1.807) is 24.1 Å². The minimum absolute atomic E-state index is 0.0377. The summed E-state index contributed by atoms with van der Waals surface area (Å²) in [6.07, 6.45) is 4.04. The van der Waals surface area contributed by atoms with Crippen LogP contribution in [0.3, 0.4) is 0 Å². The van der Waals surface area contributed by atoms with Gasteiger partial charge in [0, 0.05) is 42.0 Å². The number of carbonyl (C=O) groups is 1. The lowest BCUT2D eigenvalue weighted by Gasteiger charge is -2.32. The lowest BCUT2D eigenvalue weighted by molar-refractivity contribution is 0.0698. The number of nitrogens with zero attached hydrogens (tertiary/aromatic N) is 2. The van der Waals surface area contributed by atoms with Gasteiger partial charge in [0.2, 0.25) is 5.96 Å².